The summed E-state index contributed by atoms with van der Waals surface area (Å²) in [7, 11) is 0. The number of hydrogen-bond donors (Lipinski definition) is 2. The minimum atomic E-state index is -0.315. The first-order valence-electron chi connectivity index (χ1n) is 14.0. The van der Waals surface area contributed by atoms with Crippen LogP contribution in [0.1, 0.15) is 53.6 Å². The fraction of sp³-hybridized carbons (Fsp3) is 0.312. The molecule has 0 spiro atoms. The number of amides is 2. The first kappa shape index (κ1) is 26.3. The zero-order valence-corrected chi connectivity index (χ0v) is 23.3. The van der Waals surface area contributed by atoms with Crippen LogP contribution in [-0.2, 0) is 11.3 Å². The van der Waals surface area contributed by atoms with E-state index in [1.54, 1.807) is 12.1 Å². The van der Waals surface area contributed by atoms with Gasteiger partial charge in [-0.2, -0.15) is 0 Å². The number of fused-ring (bicyclic) bond motifs is 1. The number of aromatic nitrogens is 2. The monoisotopic (exact) mass is 553 g/mol. The van der Waals surface area contributed by atoms with Crippen LogP contribution in [0.3, 0.4) is 0 Å². The lowest BCUT2D eigenvalue weighted by Gasteiger charge is -2.33. The van der Waals surface area contributed by atoms with Crippen LogP contribution < -0.4 is 15.5 Å². The molecule has 2 heterocycles. The SMILES string of the molecule is Cc1ccccc1-c1nc(N2CCC2)c2ccc(NC(=O)c3cc(CNC(=O)C4CCCC4)ccc3Cl)cc2n1. The van der Waals surface area contributed by atoms with E-state index in [-0.39, 0.29) is 17.7 Å². The number of carbonyl (C=O) groups is 2. The van der Waals surface area contributed by atoms with Crippen molar-refractivity contribution in [3.63, 3.8) is 0 Å². The highest BCUT2D eigenvalue weighted by Gasteiger charge is 2.23. The van der Waals surface area contributed by atoms with E-state index in [0.717, 1.165) is 78.6 Å². The molecule has 1 aromatic heterocycles. The van der Waals surface area contributed by atoms with Crippen molar-refractivity contribution >= 4 is 45.8 Å². The van der Waals surface area contributed by atoms with E-state index >= 15 is 0 Å². The maximum atomic E-state index is 13.3. The van der Waals surface area contributed by atoms with Gasteiger partial charge in [0.25, 0.3) is 5.91 Å². The Morgan fingerprint density at radius 3 is 2.52 bits per heavy atom. The first-order valence-corrected chi connectivity index (χ1v) is 14.3. The molecule has 2 aliphatic rings. The molecule has 8 heteroatoms. The Hall–Kier alpha value is -3.97. The second-order valence-electron chi connectivity index (χ2n) is 10.7. The summed E-state index contributed by atoms with van der Waals surface area (Å²) in [6, 6.07) is 19.1. The summed E-state index contributed by atoms with van der Waals surface area (Å²) in [4.78, 5) is 37.9. The summed E-state index contributed by atoms with van der Waals surface area (Å²) in [5, 5.41) is 7.31. The van der Waals surface area contributed by atoms with Crippen molar-refractivity contribution in [3.8, 4) is 11.4 Å². The topological polar surface area (TPSA) is 87.2 Å². The fourth-order valence-corrected chi connectivity index (χ4v) is 5.68. The minimum Gasteiger partial charge on any atom is -0.356 e. The number of benzene rings is 3. The number of aryl methyl sites for hydroxylation is 1. The van der Waals surface area contributed by atoms with Gasteiger partial charge < -0.3 is 15.5 Å². The average Bonchev–Trinajstić information content (AvgIpc) is 3.47. The molecule has 1 aliphatic heterocycles. The molecule has 2 fully saturated rings. The van der Waals surface area contributed by atoms with Crippen molar-refractivity contribution < 1.29 is 9.59 Å². The van der Waals surface area contributed by atoms with Gasteiger partial charge in [-0.15, -0.1) is 0 Å². The molecule has 204 valence electrons. The molecular formula is C32H32ClN5O2. The number of nitrogens with one attached hydrogen (secondary N) is 2. The Morgan fingerprint density at radius 1 is 0.975 bits per heavy atom. The summed E-state index contributed by atoms with van der Waals surface area (Å²) in [6.07, 6.45) is 5.25. The third-order valence-electron chi connectivity index (χ3n) is 7.94. The summed E-state index contributed by atoms with van der Waals surface area (Å²) < 4.78 is 0. The number of carbonyl (C=O) groups excluding carboxylic acids is 2. The van der Waals surface area contributed by atoms with Gasteiger partial charge in [0.1, 0.15) is 5.82 Å². The zero-order valence-electron chi connectivity index (χ0n) is 22.5. The average molecular weight is 554 g/mol. The number of hydrogen-bond acceptors (Lipinski definition) is 5. The molecule has 0 radical (unpaired) electrons. The molecule has 40 heavy (non-hydrogen) atoms. The second-order valence-corrected chi connectivity index (χ2v) is 11.1. The smallest absolute Gasteiger partial charge is 0.257 e. The van der Waals surface area contributed by atoms with Gasteiger partial charge in [-0.3, -0.25) is 9.59 Å². The number of rotatable bonds is 7. The highest BCUT2D eigenvalue weighted by Crippen LogP contribution is 2.33. The van der Waals surface area contributed by atoms with Crippen molar-refractivity contribution in [2.75, 3.05) is 23.3 Å². The van der Waals surface area contributed by atoms with Gasteiger partial charge in [-0.25, -0.2) is 9.97 Å². The molecule has 0 unspecified atom stereocenters. The van der Waals surface area contributed by atoms with E-state index < -0.39 is 0 Å². The summed E-state index contributed by atoms with van der Waals surface area (Å²) in [5.74, 6) is 1.46. The molecule has 2 amide bonds. The third kappa shape index (κ3) is 5.39. The van der Waals surface area contributed by atoms with Gasteiger partial charge in [0.2, 0.25) is 5.91 Å². The van der Waals surface area contributed by atoms with E-state index in [1.807, 2.05) is 42.5 Å². The van der Waals surface area contributed by atoms with Crippen molar-refractivity contribution in [2.45, 2.75) is 45.6 Å². The van der Waals surface area contributed by atoms with E-state index in [0.29, 0.717) is 28.6 Å². The van der Waals surface area contributed by atoms with Crippen LogP contribution in [-0.4, -0.2) is 34.9 Å². The quantitative estimate of drug-likeness (QED) is 0.272. The van der Waals surface area contributed by atoms with Gasteiger partial charge in [-0.05, 0) is 67.6 Å². The molecule has 1 aliphatic carbocycles. The highest BCUT2D eigenvalue weighted by molar-refractivity contribution is 6.34. The van der Waals surface area contributed by atoms with Gasteiger partial charge in [-0.1, -0.05) is 54.8 Å². The second kappa shape index (κ2) is 11.3. The van der Waals surface area contributed by atoms with Gasteiger partial charge in [0.15, 0.2) is 5.82 Å². The molecule has 1 saturated heterocycles. The number of nitrogens with zero attached hydrogens (tertiary/aromatic N) is 3. The third-order valence-corrected chi connectivity index (χ3v) is 8.27. The van der Waals surface area contributed by atoms with Gasteiger partial charge in [0.05, 0.1) is 16.1 Å². The highest BCUT2D eigenvalue weighted by atomic mass is 35.5. The molecule has 6 rings (SSSR count). The van der Waals surface area contributed by atoms with Crippen molar-refractivity contribution in [1.29, 1.82) is 0 Å². The molecule has 2 N–H and O–H groups in total. The lowest BCUT2D eigenvalue weighted by Crippen LogP contribution is -2.37. The van der Waals surface area contributed by atoms with E-state index in [1.165, 1.54) is 0 Å². The van der Waals surface area contributed by atoms with E-state index in [4.69, 9.17) is 21.6 Å². The van der Waals surface area contributed by atoms with Crippen LogP contribution in [0, 0.1) is 12.8 Å². The summed E-state index contributed by atoms with van der Waals surface area (Å²) in [6.45, 7) is 4.35. The predicted molar refractivity (Wildman–Crippen MR) is 160 cm³/mol. The summed E-state index contributed by atoms with van der Waals surface area (Å²) >= 11 is 6.43. The van der Waals surface area contributed by atoms with Crippen LogP contribution in [0.4, 0.5) is 11.5 Å². The molecule has 0 bridgehead atoms. The van der Waals surface area contributed by atoms with E-state index in [2.05, 4.69) is 28.5 Å². The Labute approximate surface area is 239 Å². The number of halogens is 1. The lowest BCUT2D eigenvalue weighted by molar-refractivity contribution is -0.124. The Bertz CT molecular complexity index is 1590. The molecule has 4 aromatic rings. The number of anilines is 2. The van der Waals surface area contributed by atoms with Crippen LogP contribution >= 0.6 is 11.6 Å². The fourth-order valence-electron chi connectivity index (χ4n) is 5.48. The van der Waals surface area contributed by atoms with Crippen LogP contribution in [0.5, 0.6) is 0 Å². The minimum absolute atomic E-state index is 0.0827. The summed E-state index contributed by atoms with van der Waals surface area (Å²) in [5.41, 5.74) is 4.67. The van der Waals surface area contributed by atoms with Crippen LogP contribution in [0.25, 0.3) is 22.3 Å². The standard InChI is InChI=1S/C32H32ClN5O2/c1-20-7-2-5-10-24(20)29-36-28-18-23(12-13-25(28)30(37-29)38-15-6-16-38)35-32(40)26-17-21(11-14-27(26)33)19-34-31(39)22-8-3-4-9-22/h2,5,7,10-14,17-18,22H,3-4,6,8-9,15-16,19H2,1H3,(H,34,39)(H,35,40). The van der Waals surface area contributed by atoms with Crippen LogP contribution in [0.2, 0.25) is 5.02 Å². The van der Waals surface area contributed by atoms with Crippen molar-refractivity contribution in [2.24, 2.45) is 5.92 Å². The maximum Gasteiger partial charge on any atom is 0.257 e. The molecule has 3 aromatic carbocycles. The first-order chi connectivity index (χ1) is 19.5. The van der Waals surface area contributed by atoms with Gasteiger partial charge >= 0.3 is 0 Å². The largest absolute Gasteiger partial charge is 0.356 e. The van der Waals surface area contributed by atoms with Crippen molar-refractivity contribution in [1.82, 2.24) is 15.3 Å². The zero-order chi connectivity index (χ0) is 27.6. The molecule has 0 atom stereocenters. The maximum absolute atomic E-state index is 13.3. The lowest BCUT2D eigenvalue weighted by atomic mass is 10.1. The van der Waals surface area contributed by atoms with Gasteiger partial charge in [0, 0.05) is 42.2 Å². The molecular weight excluding hydrogens is 522 g/mol. The van der Waals surface area contributed by atoms with E-state index in [9.17, 15) is 9.59 Å². The molecule has 7 nitrogen and oxygen atoms in total. The Balaban J connectivity index is 1.25. The molecule has 1 saturated carbocycles. The van der Waals surface area contributed by atoms with Crippen molar-refractivity contribution in [3.05, 3.63) is 82.4 Å². The Morgan fingerprint density at radius 2 is 1.77 bits per heavy atom. The normalized spacial score (nSPS) is 15.2. The Kier molecular flexibility index (Phi) is 7.39. The van der Waals surface area contributed by atoms with Crippen LogP contribution in [0.15, 0.2) is 60.7 Å². The predicted octanol–water partition coefficient (Wildman–Crippen LogP) is 6.53.